The second kappa shape index (κ2) is 8.29. The summed E-state index contributed by atoms with van der Waals surface area (Å²) in [5.41, 5.74) is 0.582. The van der Waals surface area contributed by atoms with Gasteiger partial charge in [-0.05, 0) is 24.6 Å². The number of aromatic nitrogens is 3. The highest BCUT2D eigenvalue weighted by Gasteiger charge is 2.24. The second-order valence-electron chi connectivity index (χ2n) is 6.41. The zero-order valence-corrected chi connectivity index (χ0v) is 15.7. The fourth-order valence-corrected chi connectivity index (χ4v) is 2.80. The maximum absolute atomic E-state index is 13.3. The summed E-state index contributed by atoms with van der Waals surface area (Å²) in [5, 5.41) is 14.8. The minimum atomic E-state index is -0.337. The Morgan fingerprint density at radius 3 is 2.72 bits per heavy atom. The van der Waals surface area contributed by atoms with Gasteiger partial charge in [0.25, 0.3) is 0 Å². The van der Waals surface area contributed by atoms with Gasteiger partial charge in [0.2, 0.25) is 0 Å². The van der Waals surface area contributed by atoms with Crippen molar-refractivity contribution in [3.63, 3.8) is 0 Å². The molecule has 8 heteroatoms. The molecule has 25 heavy (non-hydrogen) atoms. The van der Waals surface area contributed by atoms with E-state index in [9.17, 15) is 4.39 Å². The zero-order chi connectivity index (χ0) is 18.4. The van der Waals surface area contributed by atoms with E-state index in [2.05, 4.69) is 25.8 Å². The molecule has 1 aromatic heterocycles. The molecule has 0 amide bonds. The first kappa shape index (κ1) is 19.2. The van der Waals surface area contributed by atoms with Crippen molar-refractivity contribution in [1.29, 1.82) is 0 Å². The predicted molar refractivity (Wildman–Crippen MR) is 98.3 cm³/mol. The molecule has 1 heterocycles. The summed E-state index contributed by atoms with van der Waals surface area (Å²) in [6.45, 7) is 7.84. The van der Waals surface area contributed by atoms with Crippen LogP contribution < -0.4 is 10.6 Å². The van der Waals surface area contributed by atoms with Crippen LogP contribution in [0.15, 0.2) is 29.5 Å². The average Bonchev–Trinajstić information content (AvgIpc) is 2.95. The van der Waals surface area contributed by atoms with Crippen LogP contribution >= 0.6 is 11.6 Å². The van der Waals surface area contributed by atoms with E-state index in [4.69, 9.17) is 11.6 Å². The van der Waals surface area contributed by atoms with Crippen LogP contribution in [0.4, 0.5) is 4.39 Å². The van der Waals surface area contributed by atoms with Crippen molar-refractivity contribution in [3.8, 4) is 0 Å². The van der Waals surface area contributed by atoms with Gasteiger partial charge in [-0.1, -0.05) is 31.5 Å². The number of aryl methyl sites for hydroxylation is 1. The van der Waals surface area contributed by atoms with E-state index in [0.717, 1.165) is 17.9 Å². The number of halogens is 2. The topological polar surface area (TPSA) is 67.1 Å². The number of benzene rings is 1. The molecule has 6 nitrogen and oxygen atoms in total. The standard InChI is InChI=1S/C17H24ClFN6/c1-5-20-16(21-9-15-24-23-11-25(15)4)22-10-17(2,3)13-7-6-12(19)8-14(13)18/h6-8,11H,5,9-10H2,1-4H3,(H2,20,21,22). The van der Waals surface area contributed by atoms with Crippen LogP contribution in [0.5, 0.6) is 0 Å². The molecule has 2 N–H and O–H groups in total. The SMILES string of the molecule is CCNC(=NCc1nncn1C)NCC(C)(C)c1ccc(F)cc1Cl. The van der Waals surface area contributed by atoms with E-state index in [1.165, 1.54) is 12.1 Å². The molecule has 1 aromatic carbocycles. The maximum atomic E-state index is 13.3. The molecule has 0 atom stereocenters. The molecular weight excluding hydrogens is 343 g/mol. The Morgan fingerprint density at radius 1 is 1.36 bits per heavy atom. The summed E-state index contributed by atoms with van der Waals surface area (Å²) >= 11 is 6.21. The third-order valence-electron chi connectivity index (χ3n) is 3.89. The highest BCUT2D eigenvalue weighted by molar-refractivity contribution is 6.31. The first-order valence-electron chi connectivity index (χ1n) is 8.14. The largest absolute Gasteiger partial charge is 0.357 e. The lowest BCUT2D eigenvalue weighted by Crippen LogP contribution is -2.43. The molecule has 0 bridgehead atoms. The molecule has 0 spiro atoms. The molecule has 2 aromatic rings. The summed E-state index contributed by atoms with van der Waals surface area (Å²) in [6.07, 6.45) is 1.64. The minimum Gasteiger partial charge on any atom is -0.357 e. The van der Waals surface area contributed by atoms with Gasteiger partial charge in [0, 0.05) is 30.6 Å². The maximum Gasteiger partial charge on any atom is 0.191 e. The first-order chi connectivity index (χ1) is 11.8. The van der Waals surface area contributed by atoms with Crippen molar-refractivity contribution in [2.24, 2.45) is 12.0 Å². The van der Waals surface area contributed by atoms with Crippen molar-refractivity contribution in [2.75, 3.05) is 13.1 Å². The van der Waals surface area contributed by atoms with Crippen LogP contribution in [0.3, 0.4) is 0 Å². The molecule has 0 saturated carbocycles. The fraction of sp³-hybridized carbons (Fsp3) is 0.471. The van der Waals surface area contributed by atoms with Crippen LogP contribution in [0, 0.1) is 5.82 Å². The van der Waals surface area contributed by atoms with Crippen molar-refractivity contribution in [2.45, 2.75) is 32.7 Å². The lowest BCUT2D eigenvalue weighted by Gasteiger charge is -2.27. The van der Waals surface area contributed by atoms with Gasteiger partial charge in [-0.2, -0.15) is 0 Å². The monoisotopic (exact) mass is 366 g/mol. The molecule has 136 valence electrons. The highest BCUT2D eigenvalue weighted by atomic mass is 35.5. The molecule has 0 saturated heterocycles. The lowest BCUT2D eigenvalue weighted by atomic mass is 9.84. The van der Waals surface area contributed by atoms with Gasteiger partial charge in [0.1, 0.15) is 18.7 Å². The molecular formula is C17H24ClFN6. The van der Waals surface area contributed by atoms with Crippen LogP contribution in [0.25, 0.3) is 0 Å². The van der Waals surface area contributed by atoms with Crippen LogP contribution in [0.1, 0.15) is 32.2 Å². The van der Waals surface area contributed by atoms with Crippen molar-refractivity contribution in [3.05, 3.63) is 46.8 Å². The van der Waals surface area contributed by atoms with E-state index in [1.54, 1.807) is 12.4 Å². The van der Waals surface area contributed by atoms with Gasteiger partial charge in [0.15, 0.2) is 11.8 Å². The van der Waals surface area contributed by atoms with Crippen LogP contribution in [-0.4, -0.2) is 33.8 Å². The Balaban J connectivity index is 2.07. The Labute approximate surface area is 152 Å². The number of hydrogen-bond acceptors (Lipinski definition) is 3. The van der Waals surface area contributed by atoms with Crippen molar-refractivity contribution >= 4 is 17.6 Å². The third-order valence-corrected chi connectivity index (χ3v) is 4.20. The number of nitrogens with zero attached hydrogens (tertiary/aromatic N) is 4. The molecule has 0 aliphatic heterocycles. The van der Waals surface area contributed by atoms with Crippen molar-refractivity contribution in [1.82, 2.24) is 25.4 Å². The summed E-state index contributed by atoms with van der Waals surface area (Å²) in [4.78, 5) is 4.53. The second-order valence-corrected chi connectivity index (χ2v) is 6.82. The minimum absolute atomic E-state index is 0.300. The van der Waals surface area contributed by atoms with Gasteiger partial charge in [-0.3, -0.25) is 0 Å². The Bertz CT molecular complexity index is 740. The quantitative estimate of drug-likeness (QED) is 0.609. The fourth-order valence-electron chi connectivity index (χ4n) is 2.38. The van der Waals surface area contributed by atoms with E-state index >= 15 is 0 Å². The number of guanidine groups is 1. The predicted octanol–water partition coefficient (Wildman–Crippen LogP) is 2.64. The van der Waals surface area contributed by atoms with Gasteiger partial charge in [-0.25, -0.2) is 9.38 Å². The van der Waals surface area contributed by atoms with Crippen LogP contribution in [0.2, 0.25) is 5.02 Å². The van der Waals surface area contributed by atoms with E-state index < -0.39 is 0 Å². The third kappa shape index (κ3) is 5.16. The molecule has 0 fully saturated rings. The number of hydrogen-bond donors (Lipinski definition) is 2. The molecule has 2 rings (SSSR count). The normalized spacial score (nSPS) is 12.3. The molecule has 0 unspecified atom stereocenters. The average molecular weight is 367 g/mol. The van der Waals surface area contributed by atoms with Crippen LogP contribution in [-0.2, 0) is 19.0 Å². The van der Waals surface area contributed by atoms with Gasteiger partial charge < -0.3 is 15.2 Å². The highest BCUT2D eigenvalue weighted by Crippen LogP contribution is 2.29. The summed E-state index contributed by atoms with van der Waals surface area (Å²) in [6, 6.07) is 4.49. The van der Waals surface area contributed by atoms with Gasteiger partial charge in [-0.15, -0.1) is 10.2 Å². The van der Waals surface area contributed by atoms with Gasteiger partial charge in [0.05, 0.1) is 0 Å². The lowest BCUT2D eigenvalue weighted by molar-refractivity contribution is 0.507. The molecule has 0 aliphatic rings. The number of aliphatic imine (C=N–C) groups is 1. The molecule has 0 aliphatic carbocycles. The Kier molecular flexibility index (Phi) is 6.36. The van der Waals surface area contributed by atoms with E-state index in [-0.39, 0.29) is 11.2 Å². The summed E-state index contributed by atoms with van der Waals surface area (Å²) in [5.74, 6) is 1.12. The smallest absolute Gasteiger partial charge is 0.191 e. The van der Waals surface area contributed by atoms with Gasteiger partial charge >= 0.3 is 0 Å². The zero-order valence-electron chi connectivity index (χ0n) is 15.0. The number of nitrogens with one attached hydrogen (secondary N) is 2. The van der Waals surface area contributed by atoms with E-state index in [0.29, 0.717) is 24.1 Å². The Morgan fingerprint density at radius 2 is 2.12 bits per heavy atom. The summed E-state index contributed by atoms with van der Waals surface area (Å²) in [7, 11) is 1.88. The Hall–Kier alpha value is -2.15. The summed E-state index contributed by atoms with van der Waals surface area (Å²) < 4.78 is 15.1. The van der Waals surface area contributed by atoms with Crippen molar-refractivity contribution < 1.29 is 4.39 Å². The van der Waals surface area contributed by atoms with E-state index in [1.807, 2.05) is 32.4 Å². The number of rotatable bonds is 6. The first-order valence-corrected chi connectivity index (χ1v) is 8.52. The molecule has 0 radical (unpaired) electrons.